The lowest BCUT2D eigenvalue weighted by atomic mass is 10.1. The SMILES string of the molecule is CCCCN1C(=O)c2ccc(C(=O)O[C@H](C)C(=O)Nc3ccc(C)cc3C)cc2C1=O. The molecular weight excluding hydrogens is 396 g/mol. The lowest BCUT2D eigenvalue weighted by Gasteiger charge is -2.15. The van der Waals surface area contributed by atoms with Gasteiger partial charge in [-0.05, 0) is 57.0 Å². The number of imide groups is 1. The average molecular weight is 422 g/mol. The highest BCUT2D eigenvalue weighted by molar-refractivity contribution is 6.22. The van der Waals surface area contributed by atoms with E-state index in [0.717, 1.165) is 17.5 Å². The van der Waals surface area contributed by atoms with Gasteiger partial charge in [-0.15, -0.1) is 0 Å². The number of nitrogens with zero attached hydrogens (tertiary/aromatic N) is 1. The van der Waals surface area contributed by atoms with Crippen molar-refractivity contribution in [3.8, 4) is 0 Å². The van der Waals surface area contributed by atoms with Gasteiger partial charge in [0.2, 0.25) is 0 Å². The third-order valence-electron chi connectivity index (χ3n) is 5.23. The van der Waals surface area contributed by atoms with Gasteiger partial charge in [-0.3, -0.25) is 19.3 Å². The van der Waals surface area contributed by atoms with Crippen molar-refractivity contribution in [2.75, 3.05) is 11.9 Å². The van der Waals surface area contributed by atoms with Crippen LogP contribution >= 0.6 is 0 Å². The molecule has 2 aromatic rings. The maximum atomic E-state index is 12.6. The molecule has 0 unspecified atom stereocenters. The Morgan fingerprint density at radius 2 is 1.74 bits per heavy atom. The van der Waals surface area contributed by atoms with Gasteiger partial charge in [0.1, 0.15) is 0 Å². The first-order valence-corrected chi connectivity index (χ1v) is 10.3. The Labute approximate surface area is 181 Å². The van der Waals surface area contributed by atoms with E-state index in [9.17, 15) is 19.2 Å². The molecule has 2 aromatic carbocycles. The summed E-state index contributed by atoms with van der Waals surface area (Å²) in [6.07, 6.45) is 0.528. The van der Waals surface area contributed by atoms with Gasteiger partial charge in [0.25, 0.3) is 17.7 Å². The first-order valence-electron chi connectivity index (χ1n) is 10.3. The van der Waals surface area contributed by atoms with Crippen LogP contribution in [0.3, 0.4) is 0 Å². The van der Waals surface area contributed by atoms with Gasteiger partial charge < -0.3 is 10.1 Å². The van der Waals surface area contributed by atoms with E-state index in [0.29, 0.717) is 18.7 Å². The Kier molecular flexibility index (Phi) is 6.53. The Morgan fingerprint density at radius 3 is 2.42 bits per heavy atom. The van der Waals surface area contributed by atoms with Gasteiger partial charge >= 0.3 is 5.97 Å². The number of carbonyl (C=O) groups excluding carboxylic acids is 4. The summed E-state index contributed by atoms with van der Waals surface area (Å²) >= 11 is 0. The highest BCUT2D eigenvalue weighted by Gasteiger charge is 2.35. The predicted molar refractivity (Wildman–Crippen MR) is 116 cm³/mol. The molecule has 0 saturated heterocycles. The van der Waals surface area contributed by atoms with Crippen molar-refractivity contribution in [1.82, 2.24) is 4.90 Å². The fourth-order valence-electron chi connectivity index (χ4n) is 3.41. The summed E-state index contributed by atoms with van der Waals surface area (Å²) < 4.78 is 5.29. The molecule has 0 bridgehead atoms. The van der Waals surface area contributed by atoms with Crippen LogP contribution in [0.1, 0.15) is 68.9 Å². The van der Waals surface area contributed by atoms with Crippen molar-refractivity contribution in [1.29, 1.82) is 0 Å². The van der Waals surface area contributed by atoms with Crippen LogP contribution in [0.25, 0.3) is 0 Å². The number of nitrogens with one attached hydrogen (secondary N) is 1. The summed E-state index contributed by atoms with van der Waals surface area (Å²) in [6, 6.07) is 9.87. The largest absolute Gasteiger partial charge is 0.449 e. The summed E-state index contributed by atoms with van der Waals surface area (Å²) in [4.78, 5) is 51.2. The summed E-state index contributed by atoms with van der Waals surface area (Å²) in [5.41, 5.74) is 3.20. The molecule has 0 saturated carbocycles. The van der Waals surface area contributed by atoms with Crippen LogP contribution in [0.5, 0.6) is 0 Å². The number of amides is 3. The van der Waals surface area contributed by atoms with Gasteiger partial charge in [-0.1, -0.05) is 31.0 Å². The van der Waals surface area contributed by atoms with E-state index in [1.54, 1.807) is 6.07 Å². The van der Waals surface area contributed by atoms with Gasteiger partial charge in [-0.25, -0.2) is 4.79 Å². The lowest BCUT2D eigenvalue weighted by Crippen LogP contribution is -2.30. The summed E-state index contributed by atoms with van der Waals surface area (Å²) in [5, 5.41) is 2.75. The van der Waals surface area contributed by atoms with E-state index in [-0.39, 0.29) is 22.6 Å². The molecule has 31 heavy (non-hydrogen) atoms. The number of unbranched alkanes of at least 4 members (excludes halogenated alkanes) is 1. The Hall–Kier alpha value is -3.48. The van der Waals surface area contributed by atoms with Crippen molar-refractivity contribution < 1.29 is 23.9 Å². The van der Waals surface area contributed by atoms with E-state index in [2.05, 4.69) is 5.32 Å². The molecule has 1 N–H and O–H groups in total. The monoisotopic (exact) mass is 422 g/mol. The second-order valence-electron chi connectivity index (χ2n) is 7.73. The fraction of sp³-hybridized carbons (Fsp3) is 0.333. The van der Waals surface area contributed by atoms with E-state index in [1.807, 2.05) is 32.9 Å². The molecule has 1 heterocycles. The smallest absolute Gasteiger partial charge is 0.338 e. The number of hydrogen-bond acceptors (Lipinski definition) is 5. The topological polar surface area (TPSA) is 92.8 Å². The van der Waals surface area contributed by atoms with Gasteiger partial charge in [0, 0.05) is 12.2 Å². The molecule has 1 aliphatic rings. The zero-order chi connectivity index (χ0) is 22.7. The number of rotatable bonds is 7. The average Bonchev–Trinajstić information content (AvgIpc) is 2.97. The molecule has 162 valence electrons. The molecule has 7 heteroatoms. The first-order chi connectivity index (χ1) is 14.7. The number of anilines is 1. The lowest BCUT2D eigenvalue weighted by molar-refractivity contribution is -0.123. The quantitative estimate of drug-likeness (QED) is 0.540. The van der Waals surface area contributed by atoms with Gasteiger partial charge in [0.15, 0.2) is 6.10 Å². The molecule has 0 fully saturated rings. The molecule has 0 radical (unpaired) electrons. The highest BCUT2D eigenvalue weighted by atomic mass is 16.5. The number of aryl methyl sites for hydroxylation is 2. The predicted octanol–water partition coefficient (Wildman–Crippen LogP) is 3.88. The number of fused-ring (bicyclic) bond motifs is 1. The van der Waals surface area contributed by atoms with Gasteiger partial charge in [0.05, 0.1) is 16.7 Å². The summed E-state index contributed by atoms with van der Waals surface area (Å²) in [5.74, 6) is -1.96. The van der Waals surface area contributed by atoms with Crippen molar-refractivity contribution in [2.24, 2.45) is 0 Å². The van der Waals surface area contributed by atoms with Crippen LogP contribution in [-0.2, 0) is 9.53 Å². The zero-order valence-corrected chi connectivity index (χ0v) is 18.2. The second kappa shape index (κ2) is 9.12. The van der Waals surface area contributed by atoms with E-state index < -0.39 is 23.9 Å². The van der Waals surface area contributed by atoms with Crippen LogP contribution in [0.15, 0.2) is 36.4 Å². The maximum Gasteiger partial charge on any atom is 0.338 e. The minimum absolute atomic E-state index is 0.114. The zero-order valence-electron chi connectivity index (χ0n) is 18.2. The van der Waals surface area contributed by atoms with Crippen molar-refractivity contribution in [2.45, 2.75) is 46.6 Å². The molecule has 3 rings (SSSR count). The van der Waals surface area contributed by atoms with Crippen molar-refractivity contribution in [3.05, 3.63) is 64.2 Å². The Balaban J connectivity index is 1.69. The molecule has 7 nitrogen and oxygen atoms in total. The molecule has 1 aliphatic heterocycles. The van der Waals surface area contributed by atoms with E-state index >= 15 is 0 Å². The third kappa shape index (κ3) is 4.66. The fourth-order valence-corrected chi connectivity index (χ4v) is 3.41. The molecule has 1 atom stereocenters. The Bertz CT molecular complexity index is 1060. The second-order valence-corrected chi connectivity index (χ2v) is 7.73. The number of esters is 1. The first kappa shape index (κ1) is 22.2. The Morgan fingerprint density at radius 1 is 1.03 bits per heavy atom. The number of ether oxygens (including phenoxy) is 1. The standard InChI is InChI=1S/C24H26N2O5/c1-5-6-11-26-22(28)18-9-8-17(13-19(18)23(26)29)24(30)31-16(4)21(27)25-20-10-7-14(2)12-15(20)3/h7-10,12-13,16H,5-6,11H2,1-4H3,(H,25,27)/t16-/m1/s1. The van der Waals surface area contributed by atoms with E-state index in [1.165, 1.54) is 30.0 Å². The number of carbonyl (C=O) groups is 4. The highest BCUT2D eigenvalue weighted by Crippen LogP contribution is 2.25. The minimum atomic E-state index is -1.04. The summed E-state index contributed by atoms with van der Waals surface area (Å²) in [6.45, 7) is 7.64. The molecule has 0 aromatic heterocycles. The van der Waals surface area contributed by atoms with E-state index in [4.69, 9.17) is 4.74 Å². The third-order valence-corrected chi connectivity index (χ3v) is 5.23. The van der Waals surface area contributed by atoms with Crippen molar-refractivity contribution in [3.63, 3.8) is 0 Å². The molecule has 3 amide bonds. The van der Waals surface area contributed by atoms with Crippen LogP contribution in [0, 0.1) is 13.8 Å². The van der Waals surface area contributed by atoms with Crippen LogP contribution in [-0.4, -0.2) is 41.2 Å². The normalized spacial score (nSPS) is 13.7. The summed E-state index contributed by atoms with van der Waals surface area (Å²) in [7, 11) is 0. The maximum absolute atomic E-state index is 12.6. The minimum Gasteiger partial charge on any atom is -0.449 e. The van der Waals surface area contributed by atoms with Crippen LogP contribution in [0.4, 0.5) is 5.69 Å². The number of benzene rings is 2. The molecule has 0 aliphatic carbocycles. The van der Waals surface area contributed by atoms with Gasteiger partial charge in [-0.2, -0.15) is 0 Å². The van der Waals surface area contributed by atoms with Crippen LogP contribution < -0.4 is 5.32 Å². The molecular formula is C24H26N2O5. The molecule has 0 spiro atoms. The number of hydrogen-bond donors (Lipinski definition) is 1. The van der Waals surface area contributed by atoms with Crippen molar-refractivity contribution >= 4 is 29.4 Å². The van der Waals surface area contributed by atoms with Crippen LogP contribution in [0.2, 0.25) is 0 Å².